The van der Waals surface area contributed by atoms with Crippen LogP contribution in [-0.4, -0.2) is 34.0 Å². The van der Waals surface area contributed by atoms with Gasteiger partial charge in [0.1, 0.15) is 12.6 Å². The number of hydrogen-bond acceptors (Lipinski definition) is 2. The van der Waals surface area contributed by atoms with E-state index < -0.39 is 23.8 Å². The summed E-state index contributed by atoms with van der Waals surface area (Å²) in [4.78, 5) is 30.4. The molecule has 5 rings (SSSR count). The molecule has 40 heavy (non-hydrogen) atoms. The van der Waals surface area contributed by atoms with E-state index in [-0.39, 0.29) is 24.2 Å². The number of nitrogens with zero attached hydrogens (tertiary/aromatic N) is 3. The Balaban J connectivity index is 1.47. The number of carbonyl (C=O) groups is 2. The van der Waals surface area contributed by atoms with Gasteiger partial charge in [-0.2, -0.15) is 13.2 Å². The average molecular weight is 567 g/mol. The lowest BCUT2D eigenvalue weighted by Crippen LogP contribution is -2.49. The molecule has 2 heterocycles. The summed E-state index contributed by atoms with van der Waals surface area (Å²) in [5.41, 5.74) is 2.53. The highest BCUT2D eigenvalue weighted by atomic mass is 35.5. The average Bonchev–Trinajstić information content (AvgIpc) is 3.40. The standard InChI is InChI=1S/C30H26ClF3N4O2/c1-19(2)37(29(40)35-23-14-12-21(13-15-23)30(32,33)34)18-27(39)38-25-10-4-3-9-24(25)36-16-6-11-26(36)28(38)20-7-5-8-22(31)17-20/h3-17,19,28H,18H2,1-2H3,(H,35,40)/t28-/m0/s1. The predicted molar refractivity (Wildman–Crippen MR) is 149 cm³/mol. The molecule has 0 bridgehead atoms. The highest BCUT2D eigenvalue weighted by molar-refractivity contribution is 6.30. The number of rotatable bonds is 5. The minimum absolute atomic E-state index is 0.189. The van der Waals surface area contributed by atoms with Gasteiger partial charge < -0.3 is 14.8 Å². The minimum Gasteiger partial charge on any atom is -0.316 e. The van der Waals surface area contributed by atoms with Gasteiger partial charge in [0, 0.05) is 22.9 Å². The van der Waals surface area contributed by atoms with Crippen LogP contribution in [0.5, 0.6) is 0 Å². The van der Waals surface area contributed by atoms with E-state index in [0.717, 1.165) is 29.1 Å². The molecule has 206 valence electrons. The smallest absolute Gasteiger partial charge is 0.316 e. The fraction of sp³-hybridized carbons (Fsp3) is 0.200. The van der Waals surface area contributed by atoms with Crippen LogP contribution >= 0.6 is 11.6 Å². The van der Waals surface area contributed by atoms with Crippen molar-refractivity contribution in [2.75, 3.05) is 16.8 Å². The maximum Gasteiger partial charge on any atom is 0.416 e. The summed E-state index contributed by atoms with van der Waals surface area (Å²) in [6, 6.07) is 21.4. The molecule has 1 N–H and O–H groups in total. The van der Waals surface area contributed by atoms with Gasteiger partial charge in [0.05, 0.1) is 22.6 Å². The molecule has 1 aliphatic heterocycles. The van der Waals surface area contributed by atoms with Crippen LogP contribution in [0.2, 0.25) is 5.02 Å². The van der Waals surface area contributed by atoms with E-state index in [2.05, 4.69) is 5.32 Å². The summed E-state index contributed by atoms with van der Waals surface area (Å²) in [5, 5.41) is 3.15. The van der Waals surface area contributed by atoms with Crippen molar-refractivity contribution in [1.29, 1.82) is 0 Å². The summed E-state index contributed by atoms with van der Waals surface area (Å²) in [7, 11) is 0. The van der Waals surface area contributed by atoms with Gasteiger partial charge in [-0.3, -0.25) is 9.69 Å². The molecule has 3 amide bonds. The number of aromatic nitrogens is 1. The van der Waals surface area contributed by atoms with Crippen molar-refractivity contribution in [3.8, 4) is 5.69 Å². The Hall–Kier alpha value is -4.24. The number of nitrogens with one attached hydrogen (secondary N) is 1. The molecular formula is C30H26ClF3N4O2. The lowest BCUT2D eigenvalue weighted by Gasteiger charge is -2.40. The second kappa shape index (κ2) is 10.7. The van der Waals surface area contributed by atoms with Crippen LogP contribution in [0.3, 0.4) is 0 Å². The van der Waals surface area contributed by atoms with Crippen LogP contribution in [0, 0.1) is 0 Å². The lowest BCUT2D eigenvalue weighted by molar-refractivity contribution is -0.137. The number of hydrogen-bond donors (Lipinski definition) is 1. The number of carbonyl (C=O) groups excluding carboxylic acids is 2. The van der Waals surface area contributed by atoms with Crippen molar-refractivity contribution in [1.82, 2.24) is 9.47 Å². The number of benzene rings is 3. The first kappa shape index (κ1) is 27.3. The quantitative estimate of drug-likeness (QED) is 0.271. The SMILES string of the molecule is CC(C)N(CC(=O)N1c2ccccc2-n2cccc2[C@@H]1c1cccc(Cl)c1)C(=O)Nc1ccc(C(F)(F)F)cc1. The Kier molecular flexibility index (Phi) is 7.33. The maximum absolute atomic E-state index is 14.1. The molecule has 1 aromatic heterocycles. The minimum atomic E-state index is -4.48. The maximum atomic E-state index is 14.1. The first-order valence-electron chi connectivity index (χ1n) is 12.6. The molecule has 0 unspecified atom stereocenters. The Labute approximate surface area is 234 Å². The highest BCUT2D eigenvalue weighted by Gasteiger charge is 2.37. The van der Waals surface area contributed by atoms with Gasteiger partial charge in [-0.15, -0.1) is 0 Å². The Bertz CT molecular complexity index is 1550. The second-order valence-corrected chi connectivity index (χ2v) is 10.2. The zero-order valence-electron chi connectivity index (χ0n) is 21.7. The summed E-state index contributed by atoms with van der Waals surface area (Å²) < 4.78 is 40.9. The largest absolute Gasteiger partial charge is 0.416 e. The summed E-state index contributed by atoms with van der Waals surface area (Å²) >= 11 is 6.34. The summed E-state index contributed by atoms with van der Waals surface area (Å²) in [6.45, 7) is 3.27. The van der Waals surface area contributed by atoms with Gasteiger partial charge in [-0.05, 0) is 80.1 Å². The molecule has 1 aliphatic rings. The fourth-order valence-corrected chi connectivity index (χ4v) is 5.10. The number of fused-ring (bicyclic) bond motifs is 3. The normalized spacial score (nSPS) is 14.5. The van der Waals surface area contributed by atoms with Crippen LogP contribution in [0.25, 0.3) is 5.69 Å². The van der Waals surface area contributed by atoms with Gasteiger partial charge >= 0.3 is 12.2 Å². The van der Waals surface area contributed by atoms with E-state index in [1.807, 2.05) is 65.4 Å². The van der Waals surface area contributed by atoms with Gasteiger partial charge in [-0.1, -0.05) is 35.9 Å². The first-order chi connectivity index (χ1) is 19.0. The predicted octanol–water partition coefficient (Wildman–Crippen LogP) is 7.53. The molecule has 0 radical (unpaired) electrons. The van der Waals surface area contributed by atoms with Crippen molar-refractivity contribution in [3.05, 3.63) is 113 Å². The third-order valence-electron chi connectivity index (χ3n) is 6.81. The topological polar surface area (TPSA) is 57.6 Å². The van der Waals surface area contributed by atoms with Gasteiger partial charge in [0.25, 0.3) is 0 Å². The van der Waals surface area contributed by atoms with Crippen molar-refractivity contribution in [2.45, 2.75) is 32.1 Å². The number of halogens is 4. The Morgan fingerprint density at radius 2 is 1.65 bits per heavy atom. The molecular weight excluding hydrogens is 541 g/mol. The Morgan fingerprint density at radius 1 is 0.950 bits per heavy atom. The van der Waals surface area contributed by atoms with Crippen molar-refractivity contribution in [3.63, 3.8) is 0 Å². The molecule has 10 heteroatoms. The first-order valence-corrected chi connectivity index (χ1v) is 13.0. The number of urea groups is 1. The zero-order chi connectivity index (χ0) is 28.6. The van der Waals surface area contributed by atoms with Crippen LogP contribution in [0.4, 0.5) is 29.3 Å². The number of para-hydroxylation sites is 2. The van der Waals surface area contributed by atoms with Crippen LogP contribution in [0.15, 0.2) is 91.1 Å². The molecule has 6 nitrogen and oxygen atoms in total. The molecule has 3 aromatic carbocycles. The van der Waals surface area contributed by atoms with Gasteiger partial charge in [-0.25, -0.2) is 4.79 Å². The Morgan fingerprint density at radius 3 is 2.30 bits per heavy atom. The summed E-state index contributed by atoms with van der Waals surface area (Å²) in [6.07, 6.45) is -2.55. The van der Waals surface area contributed by atoms with E-state index >= 15 is 0 Å². The van der Waals surface area contributed by atoms with Crippen LogP contribution in [0.1, 0.15) is 36.7 Å². The van der Waals surface area contributed by atoms with Crippen molar-refractivity contribution in [2.24, 2.45) is 0 Å². The third-order valence-corrected chi connectivity index (χ3v) is 7.04. The number of anilines is 2. The zero-order valence-corrected chi connectivity index (χ0v) is 22.4. The van der Waals surface area contributed by atoms with E-state index in [9.17, 15) is 22.8 Å². The molecule has 0 fully saturated rings. The molecule has 0 aliphatic carbocycles. The molecule has 0 saturated carbocycles. The second-order valence-electron chi connectivity index (χ2n) is 9.74. The highest BCUT2D eigenvalue weighted by Crippen LogP contribution is 2.42. The lowest BCUT2D eigenvalue weighted by atomic mass is 9.97. The van der Waals surface area contributed by atoms with E-state index in [1.54, 1.807) is 24.8 Å². The number of amides is 3. The summed E-state index contributed by atoms with van der Waals surface area (Å²) in [5.74, 6) is -0.332. The van der Waals surface area contributed by atoms with E-state index in [1.165, 1.54) is 17.0 Å². The molecule has 4 aromatic rings. The molecule has 0 spiro atoms. The number of alkyl halides is 3. The van der Waals surface area contributed by atoms with Crippen molar-refractivity contribution < 1.29 is 22.8 Å². The van der Waals surface area contributed by atoms with Gasteiger partial charge in [0.2, 0.25) is 5.91 Å². The van der Waals surface area contributed by atoms with Gasteiger partial charge in [0.15, 0.2) is 0 Å². The fourth-order valence-electron chi connectivity index (χ4n) is 4.90. The molecule has 1 atom stereocenters. The molecule has 0 saturated heterocycles. The van der Waals surface area contributed by atoms with Crippen molar-refractivity contribution >= 4 is 34.9 Å². The van der Waals surface area contributed by atoms with Crippen LogP contribution in [-0.2, 0) is 11.0 Å². The monoisotopic (exact) mass is 566 g/mol. The van der Waals surface area contributed by atoms with E-state index in [4.69, 9.17) is 11.6 Å². The van der Waals surface area contributed by atoms with Crippen LogP contribution < -0.4 is 10.2 Å². The van der Waals surface area contributed by atoms with E-state index in [0.29, 0.717) is 10.7 Å². The third kappa shape index (κ3) is 5.29.